The molecule has 6 nitrogen and oxygen atoms in total. The molecule has 10 rings (SSSR count). The Morgan fingerprint density at radius 2 is 0.904 bits per heavy atom. The van der Waals surface area contributed by atoms with E-state index in [-0.39, 0.29) is 0 Å². The van der Waals surface area contributed by atoms with Gasteiger partial charge in [-0.1, -0.05) is 138 Å². The summed E-state index contributed by atoms with van der Waals surface area (Å²) in [6.07, 6.45) is 0. The van der Waals surface area contributed by atoms with Crippen molar-refractivity contribution in [1.29, 1.82) is 0 Å². The van der Waals surface area contributed by atoms with E-state index in [0.29, 0.717) is 0 Å². The minimum atomic E-state index is -1.03. The minimum Gasteiger partial charge on any atom is -0.427 e. The van der Waals surface area contributed by atoms with Gasteiger partial charge in [-0.05, 0) is 194 Å². The second kappa shape index (κ2) is 18.7. The van der Waals surface area contributed by atoms with Gasteiger partial charge >= 0.3 is 14.6 Å². The minimum absolute atomic E-state index is 0.443. The van der Waals surface area contributed by atoms with Gasteiger partial charge in [-0.15, -0.1) is 0 Å². The summed E-state index contributed by atoms with van der Waals surface area (Å²) in [6.45, 7) is 24.4. The van der Waals surface area contributed by atoms with Crippen LogP contribution in [-0.4, -0.2) is 42.1 Å². The van der Waals surface area contributed by atoms with Gasteiger partial charge in [0, 0.05) is 34.1 Å². The number of fused-ring (bicyclic) bond motifs is 3. The molecule has 8 aromatic rings. The summed E-state index contributed by atoms with van der Waals surface area (Å²) in [5.74, 6) is 0. The molecule has 2 aliphatic rings. The van der Waals surface area contributed by atoms with Crippen LogP contribution in [-0.2, 0) is 19.4 Å². The van der Waals surface area contributed by atoms with Gasteiger partial charge < -0.3 is 28.9 Å². The molecule has 1 fully saturated rings. The lowest BCUT2D eigenvalue weighted by Gasteiger charge is -2.37. The predicted octanol–water partition coefficient (Wildman–Crippen LogP) is 14.3. The first kappa shape index (κ1) is 49.9. The zero-order valence-electron chi connectivity index (χ0n) is 44.5. The van der Waals surface area contributed by atoms with E-state index in [1.807, 2.05) is 13.8 Å². The molecule has 8 aromatic carbocycles. The van der Waals surface area contributed by atoms with Crippen LogP contribution in [0, 0.1) is 27.7 Å². The van der Waals surface area contributed by atoms with Crippen LogP contribution < -0.4 is 20.7 Å². The Labute approximate surface area is 435 Å². The molecule has 1 aliphatic carbocycles. The molecule has 1 radical (unpaired) electrons. The molecular formula is C65H67B2N2O4. The van der Waals surface area contributed by atoms with Crippen LogP contribution >= 0.6 is 0 Å². The number of rotatable bonds is 13. The van der Waals surface area contributed by atoms with Crippen LogP contribution in [0.4, 0.5) is 34.1 Å². The maximum Gasteiger partial charge on any atom is 0.494 e. The molecular weight excluding hydrogens is 894 g/mol. The molecule has 1 aliphatic heterocycles. The van der Waals surface area contributed by atoms with Crippen LogP contribution in [0.15, 0.2) is 182 Å². The smallest absolute Gasteiger partial charge is 0.427 e. The standard InChI is InChI=1S/C65H67B2N2O4/c1-43-23-37-59(45(3)39-43)68(51-29-25-49(26-30-51)66-71-62(7,8)61(5,6)70)53-33-35-57-55(41-53)56-42-54(34-36-58(56)65(57,47-19-15-13-16-20-47)48-21-17-14-18-22-48)69(60-38-24-44(2)40-46(60)4)52-31-27-50(28-32-52)67-72-63(9,10)64(11,12)73-67/h13-42,70H,1-12H3. The third kappa shape index (κ3) is 8.93. The Kier molecular flexibility index (Phi) is 12.8. The Morgan fingerprint density at radius 1 is 0.493 bits per heavy atom. The van der Waals surface area contributed by atoms with Crippen molar-refractivity contribution in [2.24, 2.45) is 0 Å². The molecule has 1 heterocycles. The normalized spacial score (nSPS) is 15.4. The van der Waals surface area contributed by atoms with E-state index >= 15 is 0 Å². The SMILES string of the molecule is Cc1ccc(N(c2ccc([B]OC(C)(C)C(C)(C)O)cc2)c2ccc3c(c2)-c2cc(N(c4ccc(B5OC(C)(C)C(C)(C)O5)cc4)c4ccc(C)cc4C)ccc2C3(c2ccccc2)c2ccccc2)c(C)c1. The van der Waals surface area contributed by atoms with Crippen molar-refractivity contribution in [2.45, 2.75) is 111 Å². The van der Waals surface area contributed by atoms with Gasteiger partial charge in [0.2, 0.25) is 0 Å². The highest BCUT2D eigenvalue weighted by Gasteiger charge is 2.52. The molecule has 1 N–H and O–H groups in total. The Balaban J connectivity index is 1.16. The van der Waals surface area contributed by atoms with Crippen molar-refractivity contribution < 1.29 is 19.1 Å². The Morgan fingerprint density at radius 3 is 1.32 bits per heavy atom. The topological polar surface area (TPSA) is 54.4 Å². The molecule has 0 aromatic heterocycles. The van der Waals surface area contributed by atoms with Crippen molar-refractivity contribution in [1.82, 2.24) is 0 Å². The van der Waals surface area contributed by atoms with E-state index in [4.69, 9.17) is 14.0 Å². The van der Waals surface area contributed by atoms with Crippen molar-refractivity contribution in [3.63, 3.8) is 0 Å². The molecule has 0 spiro atoms. The highest BCUT2D eigenvalue weighted by molar-refractivity contribution is 6.62. The lowest BCUT2D eigenvalue weighted by molar-refractivity contribution is -0.0893. The first-order valence-electron chi connectivity index (χ1n) is 25.6. The monoisotopic (exact) mass is 962 g/mol. The van der Waals surface area contributed by atoms with Crippen LogP contribution in [0.25, 0.3) is 11.1 Å². The van der Waals surface area contributed by atoms with Crippen LogP contribution in [0.3, 0.4) is 0 Å². The van der Waals surface area contributed by atoms with Gasteiger partial charge in [-0.3, -0.25) is 0 Å². The van der Waals surface area contributed by atoms with E-state index in [0.717, 1.165) is 45.0 Å². The summed E-state index contributed by atoms with van der Waals surface area (Å²) in [5, 5.41) is 10.8. The number of anilines is 6. The van der Waals surface area contributed by atoms with Gasteiger partial charge in [0.25, 0.3) is 0 Å². The zero-order valence-corrected chi connectivity index (χ0v) is 44.5. The average Bonchev–Trinajstić information content (AvgIpc) is 3.77. The fourth-order valence-corrected chi connectivity index (χ4v) is 10.5. The number of aryl methyl sites for hydroxylation is 4. The fraction of sp³-hybridized carbons (Fsp3) is 0.262. The van der Waals surface area contributed by atoms with Gasteiger partial charge in [0.05, 0.1) is 27.8 Å². The lowest BCUT2D eigenvalue weighted by atomic mass is 9.67. The van der Waals surface area contributed by atoms with Gasteiger partial charge in [0.15, 0.2) is 0 Å². The van der Waals surface area contributed by atoms with Crippen LogP contribution in [0.5, 0.6) is 0 Å². The summed E-state index contributed by atoms with van der Waals surface area (Å²) in [7, 11) is 1.28. The van der Waals surface area contributed by atoms with E-state index in [2.05, 4.69) is 247 Å². The summed E-state index contributed by atoms with van der Waals surface area (Å²) < 4.78 is 19.2. The first-order chi connectivity index (χ1) is 34.7. The quantitative estimate of drug-likeness (QED) is 0.116. The maximum absolute atomic E-state index is 10.8. The second-order valence-electron chi connectivity index (χ2n) is 22.3. The van der Waals surface area contributed by atoms with Gasteiger partial charge in [-0.2, -0.15) is 0 Å². The van der Waals surface area contributed by atoms with Gasteiger partial charge in [0.1, 0.15) is 0 Å². The van der Waals surface area contributed by atoms with Gasteiger partial charge in [-0.25, -0.2) is 0 Å². The Bertz CT molecular complexity index is 3250. The largest absolute Gasteiger partial charge is 0.494 e. The van der Waals surface area contributed by atoms with E-state index < -0.39 is 34.9 Å². The summed E-state index contributed by atoms with van der Waals surface area (Å²) >= 11 is 0. The van der Waals surface area contributed by atoms with Crippen LogP contribution in [0.2, 0.25) is 0 Å². The number of benzene rings is 8. The summed E-state index contributed by atoms with van der Waals surface area (Å²) in [6, 6.07) is 66.7. The maximum atomic E-state index is 10.8. The zero-order chi connectivity index (χ0) is 51.7. The molecule has 0 amide bonds. The van der Waals surface area contributed by atoms with Crippen molar-refractivity contribution in [3.8, 4) is 11.1 Å². The van der Waals surface area contributed by atoms with Crippen molar-refractivity contribution >= 4 is 59.7 Å². The lowest BCUT2D eigenvalue weighted by Crippen LogP contribution is -2.49. The van der Waals surface area contributed by atoms with E-state index in [1.165, 1.54) is 55.6 Å². The fourth-order valence-electron chi connectivity index (χ4n) is 10.5. The first-order valence-corrected chi connectivity index (χ1v) is 25.6. The second-order valence-corrected chi connectivity index (χ2v) is 22.3. The van der Waals surface area contributed by atoms with E-state index in [9.17, 15) is 5.11 Å². The third-order valence-electron chi connectivity index (χ3n) is 16.0. The number of hydrogen-bond acceptors (Lipinski definition) is 6. The molecule has 1 saturated heterocycles. The average molecular weight is 962 g/mol. The molecule has 367 valence electrons. The summed E-state index contributed by atoms with van der Waals surface area (Å²) in [5.41, 5.74) is 16.9. The van der Waals surface area contributed by atoms with E-state index in [1.54, 1.807) is 21.3 Å². The molecule has 0 unspecified atom stereocenters. The highest BCUT2D eigenvalue weighted by Crippen LogP contribution is 2.58. The van der Waals surface area contributed by atoms with Crippen molar-refractivity contribution in [3.05, 3.63) is 226 Å². The Hall–Kier alpha value is -6.67. The highest BCUT2D eigenvalue weighted by atomic mass is 16.7. The summed E-state index contributed by atoms with van der Waals surface area (Å²) in [4.78, 5) is 4.77. The van der Waals surface area contributed by atoms with Crippen molar-refractivity contribution in [2.75, 3.05) is 9.80 Å². The molecule has 73 heavy (non-hydrogen) atoms. The predicted molar refractivity (Wildman–Crippen MR) is 305 cm³/mol. The molecule has 0 saturated carbocycles. The molecule has 8 heteroatoms. The number of nitrogens with zero attached hydrogens (tertiary/aromatic N) is 2. The molecule has 0 atom stereocenters. The van der Waals surface area contributed by atoms with Crippen LogP contribution in [0.1, 0.15) is 99.9 Å². The molecule has 0 bridgehead atoms. The number of hydrogen-bond donors (Lipinski definition) is 1. The number of aliphatic hydroxyl groups is 1. The third-order valence-corrected chi connectivity index (χ3v) is 16.0.